The molecule has 24 heavy (non-hydrogen) atoms. The van der Waals surface area contributed by atoms with Gasteiger partial charge in [-0.3, -0.25) is 9.59 Å². The minimum absolute atomic E-state index is 0.129. The van der Waals surface area contributed by atoms with Gasteiger partial charge < -0.3 is 9.80 Å². The summed E-state index contributed by atoms with van der Waals surface area (Å²) in [5.74, 6) is 0.673. The minimum atomic E-state index is 0.129. The molecular weight excluding hydrogens is 300 g/mol. The molecule has 0 atom stereocenters. The smallest absolute Gasteiger partial charge is 0.225 e. The summed E-state index contributed by atoms with van der Waals surface area (Å²) < 4.78 is 0. The quantitative estimate of drug-likeness (QED) is 0.853. The van der Waals surface area contributed by atoms with Gasteiger partial charge in [0.05, 0.1) is 0 Å². The third-order valence-corrected chi connectivity index (χ3v) is 5.32. The zero-order valence-electron chi connectivity index (χ0n) is 14.7. The molecule has 130 valence electrons. The number of nitrogens with zero attached hydrogens (tertiary/aromatic N) is 2. The van der Waals surface area contributed by atoms with Crippen LogP contribution in [0.15, 0.2) is 24.3 Å². The first-order chi connectivity index (χ1) is 11.6. The Bertz CT molecular complexity index is 585. The van der Waals surface area contributed by atoms with Crippen LogP contribution in [0, 0.1) is 12.8 Å². The molecule has 1 aromatic carbocycles. The highest BCUT2D eigenvalue weighted by molar-refractivity contribution is 5.80. The van der Waals surface area contributed by atoms with Gasteiger partial charge in [0.1, 0.15) is 0 Å². The number of likely N-dealkylation sites (tertiary alicyclic amines) is 2. The summed E-state index contributed by atoms with van der Waals surface area (Å²) in [6.07, 6.45) is 5.29. The average molecular weight is 328 g/mol. The predicted molar refractivity (Wildman–Crippen MR) is 94.6 cm³/mol. The normalized spacial score (nSPS) is 18.9. The molecule has 0 bridgehead atoms. The monoisotopic (exact) mass is 328 g/mol. The Labute approximate surface area is 144 Å². The van der Waals surface area contributed by atoms with Gasteiger partial charge in [0, 0.05) is 38.5 Å². The number of hydrogen-bond donors (Lipinski definition) is 0. The Balaban J connectivity index is 1.44. The second-order valence-corrected chi connectivity index (χ2v) is 7.18. The van der Waals surface area contributed by atoms with E-state index >= 15 is 0 Å². The van der Waals surface area contributed by atoms with Crippen molar-refractivity contribution in [3.8, 4) is 0 Å². The number of carbonyl (C=O) groups is 2. The average Bonchev–Trinajstić information content (AvgIpc) is 3.14. The fraction of sp³-hybridized carbons (Fsp3) is 0.600. The van der Waals surface area contributed by atoms with Gasteiger partial charge in [-0.1, -0.05) is 29.8 Å². The molecule has 0 unspecified atom stereocenters. The molecule has 2 aliphatic heterocycles. The van der Waals surface area contributed by atoms with Gasteiger partial charge in [-0.15, -0.1) is 0 Å². The highest BCUT2D eigenvalue weighted by Crippen LogP contribution is 2.22. The van der Waals surface area contributed by atoms with Crippen LogP contribution in [0.4, 0.5) is 0 Å². The molecule has 2 saturated heterocycles. The summed E-state index contributed by atoms with van der Waals surface area (Å²) in [7, 11) is 0. The maximum Gasteiger partial charge on any atom is 0.225 e. The number of piperidine rings is 1. The van der Waals surface area contributed by atoms with Gasteiger partial charge in [0.2, 0.25) is 11.8 Å². The van der Waals surface area contributed by atoms with Crippen LogP contribution < -0.4 is 0 Å². The number of aryl methyl sites for hydroxylation is 2. The first-order valence-corrected chi connectivity index (χ1v) is 9.25. The van der Waals surface area contributed by atoms with Crippen molar-refractivity contribution in [2.45, 2.75) is 45.4 Å². The third kappa shape index (κ3) is 4.16. The Morgan fingerprint density at radius 1 is 1.04 bits per heavy atom. The lowest BCUT2D eigenvalue weighted by Crippen LogP contribution is -2.43. The van der Waals surface area contributed by atoms with Crippen LogP contribution in [0.2, 0.25) is 0 Å². The number of hydrogen-bond acceptors (Lipinski definition) is 2. The lowest BCUT2D eigenvalue weighted by atomic mass is 9.95. The summed E-state index contributed by atoms with van der Waals surface area (Å²) in [6, 6.07) is 8.35. The van der Waals surface area contributed by atoms with Crippen LogP contribution in [0.1, 0.15) is 43.2 Å². The number of benzene rings is 1. The molecule has 0 radical (unpaired) electrons. The Morgan fingerprint density at radius 3 is 2.42 bits per heavy atom. The fourth-order valence-corrected chi connectivity index (χ4v) is 3.85. The largest absolute Gasteiger partial charge is 0.343 e. The molecule has 1 aromatic rings. The van der Waals surface area contributed by atoms with Crippen LogP contribution in [0.3, 0.4) is 0 Å². The van der Waals surface area contributed by atoms with Gasteiger partial charge in [-0.2, -0.15) is 0 Å². The van der Waals surface area contributed by atoms with Crippen LogP contribution >= 0.6 is 0 Å². The molecule has 4 heteroatoms. The van der Waals surface area contributed by atoms with Crippen LogP contribution in [0.25, 0.3) is 0 Å². The van der Waals surface area contributed by atoms with Crippen molar-refractivity contribution in [3.63, 3.8) is 0 Å². The molecule has 0 saturated carbocycles. The Kier molecular flexibility index (Phi) is 5.54. The molecule has 0 N–H and O–H groups in total. The van der Waals surface area contributed by atoms with Crippen molar-refractivity contribution in [1.82, 2.24) is 9.80 Å². The second-order valence-electron chi connectivity index (χ2n) is 7.18. The number of carbonyl (C=O) groups excluding carboxylic acids is 2. The summed E-state index contributed by atoms with van der Waals surface area (Å²) in [4.78, 5) is 28.8. The van der Waals surface area contributed by atoms with E-state index in [0.29, 0.717) is 12.3 Å². The maximum absolute atomic E-state index is 12.4. The van der Waals surface area contributed by atoms with Crippen molar-refractivity contribution < 1.29 is 9.59 Å². The van der Waals surface area contributed by atoms with Gasteiger partial charge in [0.15, 0.2) is 0 Å². The lowest BCUT2D eigenvalue weighted by Gasteiger charge is -2.33. The molecule has 0 aliphatic carbocycles. The lowest BCUT2D eigenvalue weighted by molar-refractivity contribution is -0.140. The molecule has 2 fully saturated rings. The molecule has 2 heterocycles. The summed E-state index contributed by atoms with van der Waals surface area (Å²) in [6.45, 7) is 5.39. The van der Waals surface area contributed by atoms with Gasteiger partial charge in [0.25, 0.3) is 0 Å². The van der Waals surface area contributed by atoms with Crippen molar-refractivity contribution in [2.75, 3.05) is 26.2 Å². The van der Waals surface area contributed by atoms with E-state index in [1.807, 2.05) is 15.9 Å². The molecule has 4 nitrogen and oxygen atoms in total. The highest BCUT2D eigenvalue weighted by atomic mass is 16.2. The molecular formula is C20H28N2O2. The predicted octanol–water partition coefficient (Wildman–Crippen LogP) is 2.79. The molecule has 0 spiro atoms. The summed E-state index contributed by atoms with van der Waals surface area (Å²) in [5, 5.41) is 0. The van der Waals surface area contributed by atoms with E-state index in [4.69, 9.17) is 0 Å². The van der Waals surface area contributed by atoms with Crippen LogP contribution in [0.5, 0.6) is 0 Å². The topological polar surface area (TPSA) is 40.6 Å². The number of rotatable bonds is 4. The molecule has 2 amide bonds. The van der Waals surface area contributed by atoms with E-state index in [0.717, 1.165) is 58.3 Å². The summed E-state index contributed by atoms with van der Waals surface area (Å²) >= 11 is 0. The minimum Gasteiger partial charge on any atom is -0.343 e. The van der Waals surface area contributed by atoms with Crippen molar-refractivity contribution >= 4 is 11.8 Å². The van der Waals surface area contributed by atoms with Crippen LogP contribution in [-0.2, 0) is 16.0 Å². The van der Waals surface area contributed by atoms with Crippen molar-refractivity contribution in [2.24, 2.45) is 5.92 Å². The van der Waals surface area contributed by atoms with E-state index in [2.05, 4.69) is 25.1 Å². The fourth-order valence-electron chi connectivity index (χ4n) is 3.85. The maximum atomic E-state index is 12.4. The first-order valence-electron chi connectivity index (χ1n) is 9.25. The zero-order chi connectivity index (χ0) is 16.9. The van der Waals surface area contributed by atoms with Gasteiger partial charge in [-0.25, -0.2) is 0 Å². The van der Waals surface area contributed by atoms with Crippen molar-refractivity contribution in [3.05, 3.63) is 35.4 Å². The molecule has 0 aromatic heterocycles. The summed E-state index contributed by atoms with van der Waals surface area (Å²) in [5.41, 5.74) is 2.46. The van der Waals surface area contributed by atoms with E-state index in [-0.39, 0.29) is 11.8 Å². The third-order valence-electron chi connectivity index (χ3n) is 5.32. The van der Waals surface area contributed by atoms with E-state index in [9.17, 15) is 9.59 Å². The second kappa shape index (κ2) is 7.82. The van der Waals surface area contributed by atoms with Gasteiger partial charge >= 0.3 is 0 Å². The standard InChI is InChI=1S/C20H28N2O2/c1-16-5-4-6-17(15-16)7-8-19(23)21-13-9-18(10-14-21)20(24)22-11-2-3-12-22/h4-6,15,18H,2-3,7-14H2,1H3. The number of amides is 2. The highest BCUT2D eigenvalue weighted by Gasteiger charge is 2.30. The van der Waals surface area contributed by atoms with E-state index in [1.54, 1.807) is 0 Å². The van der Waals surface area contributed by atoms with Crippen molar-refractivity contribution in [1.29, 1.82) is 0 Å². The van der Waals surface area contributed by atoms with E-state index < -0.39 is 0 Å². The Hall–Kier alpha value is -1.84. The zero-order valence-corrected chi connectivity index (χ0v) is 14.7. The van der Waals surface area contributed by atoms with Gasteiger partial charge in [-0.05, 0) is 44.6 Å². The Morgan fingerprint density at radius 2 is 1.75 bits per heavy atom. The molecule has 2 aliphatic rings. The molecule has 3 rings (SSSR count). The van der Waals surface area contributed by atoms with E-state index in [1.165, 1.54) is 11.1 Å². The SMILES string of the molecule is Cc1cccc(CCC(=O)N2CCC(C(=O)N3CCCC3)CC2)c1. The first kappa shape index (κ1) is 17.0. The van der Waals surface area contributed by atoms with Crippen LogP contribution in [-0.4, -0.2) is 47.8 Å².